The molecule has 1 N–H and O–H groups in total. The quantitative estimate of drug-likeness (QED) is 0.184. The van der Waals surface area contributed by atoms with Gasteiger partial charge in [0.25, 0.3) is 5.91 Å². The molecule has 4 saturated carbocycles. The molecule has 4 aliphatic rings. The molecule has 0 spiro atoms. The summed E-state index contributed by atoms with van der Waals surface area (Å²) in [4.78, 5) is 16.6. The Balaban J connectivity index is 1.13. The zero-order chi connectivity index (χ0) is 19.1. The van der Waals surface area contributed by atoms with Crippen LogP contribution in [-0.2, 0) is 23.8 Å². The molecule has 0 radical (unpaired) electrons. The van der Waals surface area contributed by atoms with Crippen LogP contribution in [0.4, 0.5) is 0 Å². The Bertz CT molecular complexity index is 440. The molecule has 0 aromatic carbocycles. The summed E-state index contributed by atoms with van der Waals surface area (Å²) in [5, 5.41) is 0. The van der Waals surface area contributed by atoms with E-state index in [-0.39, 0.29) is 15.4 Å². The molecule has 0 heterocycles. The first-order chi connectivity index (χ1) is 13.1. The predicted molar refractivity (Wildman–Crippen MR) is 111 cm³/mol. The van der Waals surface area contributed by atoms with E-state index in [9.17, 15) is 4.79 Å². The van der Waals surface area contributed by atoms with Crippen LogP contribution in [0.5, 0.6) is 0 Å². The van der Waals surface area contributed by atoms with Gasteiger partial charge in [0.05, 0.1) is 49.2 Å². The van der Waals surface area contributed by atoms with Crippen molar-refractivity contribution in [1.82, 2.24) is 5.48 Å². The Morgan fingerprint density at radius 1 is 0.963 bits per heavy atom. The number of ether oxygens (including phenoxy) is 3. The van der Waals surface area contributed by atoms with E-state index < -0.39 is 0 Å². The Labute approximate surface area is 176 Å². The van der Waals surface area contributed by atoms with Crippen LogP contribution in [0.2, 0.25) is 0 Å². The highest BCUT2D eigenvalue weighted by Gasteiger charge is 2.51. The second kappa shape index (κ2) is 10.7. The van der Waals surface area contributed by atoms with Gasteiger partial charge in [-0.25, -0.2) is 5.48 Å². The maximum absolute atomic E-state index is 11.5. The van der Waals surface area contributed by atoms with Gasteiger partial charge in [0, 0.05) is 0 Å². The zero-order valence-corrected chi connectivity index (χ0v) is 18.6. The van der Waals surface area contributed by atoms with Crippen molar-refractivity contribution in [1.29, 1.82) is 0 Å². The molecule has 1 atom stereocenters. The minimum absolute atomic E-state index is 0.0578. The summed E-state index contributed by atoms with van der Waals surface area (Å²) in [5.74, 6) is 2.66. The third kappa shape index (κ3) is 6.52. The summed E-state index contributed by atoms with van der Waals surface area (Å²) >= 11 is 2.10. The van der Waals surface area contributed by atoms with Crippen molar-refractivity contribution in [3.8, 4) is 0 Å². The summed E-state index contributed by atoms with van der Waals surface area (Å²) in [6.07, 6.45) is 8.94. The van der Waals surface area contributed by atoms with E-state index in [1.165, 1.54) is 38.5 Å². The minimum atomic E-state index is -0.0968. The molecular weight excluding hydrogens is 461 g/mol. The van der Waals surface area contributed by atoms with Gasteiger partial charge in [0.1, 0.15) is 0 Å². The largest absolute Gasteiger partial charge is 0.377 e. The molecule has 4 aliphatic carbocycles. The molecule has 1 amide bonds. The fraction of sp³-hybridized carbons (Fsp3) is 0.950. The van der Waals surface area contributed by atoms with Crippen molar-refractivity contribution in [2.24, 2.45) is 17.8 Å². The van der Waals surface area contributed by atoms with Gasteiger partial charge in [-0.3, -0.25) is 9.63 Å². The van der Waals surface area contributed by atoms with Crippen molar-refractivity contribution >= 4 is 28.5 Å². The maximum atomic E-state index is 11.5. The van der Waals surface area contributed by atoms with Gasteiger partial charge in [0.15, 0.2) is 0 Å². The van der Waals surface area contributed by atoms with Gasteiger partial charge in [0.2, 0.25) is 0 Å². The highest BCUT2D eigenvalue weighted by Crippen LogP contribution is 2.57. The standard InChI is InChI=1S/C20H34INO5/c1-2-18(21)19(23)22-27-8-6-25-4-3-24-5-7-26-20-12-15-9-16(13-20)11-17(10-15)14-20/h15-18H,2-14H2,1H3,(H,22,23). The number of rotatable bonds is 13. The van der Waals surface area contributed by atoms with E-state index in [0.717, 1.165) is 24.2 Å². The highest BCUT2D eigenvalue weighted by molar-refractivity contribution is 14.1. The van der Waals surface area contributed by atoms with Crippen LogP contribution < -0.4 is 5.48 Å². The normalized spacial score (nSPS) is 32.6. The van der Waals surface area contributed by atoms with E-state index in [1.807, 2.05) is 6.92 Å². The van der Waals surface area contributed by atoms with Crippen LogP contribution in [0.25, 0.3) is 0 Å². The average Bonchev–Trinajstić information content (AvgIpc) is 2.64. The number of halogens is 1. The molecule has 4 rings (SSSR count). The van der Waals surface area contributed by atoms with Gasteiger partial charge in [-0.2, -0.15) is 0 Å². The third-order valence-corrected chi connectivity index (χ3v) is 7.58. The molecule has 0 saturated heterocycles. The third-order valence-electron chi connectivity index (χ3n) is 6.14. The van der Waals surface area contributed by atoms with E-state index in [2.05, 4.69) is 28.1 Å². The van der Waals surface area contributed by atoms with Crippen molar-refractivity contribution in [3.63, 3.8) is 0 Å². The number of amides is 1. The number of nitrogens with one attached hydrogen (secondary N) is 1. The monoisotopic (exact) mass is 495 g/mol. The second-order valence-electron chi connectivity index (χ2n) is 8.36. The molecule has 156 valence electrons. The van der Waals surface area contributed by atoms with Crippen LogP contribution in [0.15, 0.2) is 0 Å². The first kappa shape index (κ1) is 21.7. The maximum Gasteiger partial charge on any atom is 0.256 e. The molecule has 4 fully saturated rings. The molecule has 0 aromatic rings. The molecule has 0 aliphatic heterocycles. The number of carbonyl (C=O) groups excluding carboxylic acids is 1. The lowest BCUT2D eigenvalue weighted by atomic mass is 9.54. The predicted octanol–water partition coefficient (Wildman–Crippen LogP) is 3.27. The van der Waals surface area contributed by atoms with Crippen molar-refractivity contribution in [2.45, 2.75) is 61.4 Å². The lowest BCUT2D eigenvalue weighted by Crippen LogP contribution is -2.52. The fourth-order valence-corrected chi connectivity index (χ4v) is 5.45. The molecular formula is C20H34INO5. The van der Waals surface area contributed by atoms with Gasteiger partial charge >= 0.3 is 0 Å². The first-order valence-corrected chi connectivity index (χ1v) is 11.7. The van der Waals surface area contributed by atoms with E-state index in [4.69, 9.17) is 19.0 Å². The number of carbonyl (C=O) groups is 1. The Morgan fingerprint density at radius 2 is 1.48 bits per heavy atom. The Morgan fingerprint density at radius 3 is 2.04 bits per heavy atom. The highest BCUT2D eigenvalue weighted by atomic mass is 127. The van der Waals surface area contributed by atoms with Crippen LogP contribution in [0, 0.1) is 17.8 Å². The number of alkyl halides is 1. The lowest BCUT2D eigenvalue weighted by molar-refractivity contribution is -0.169. The average molecular weight is 495 g/mol. The molecule has 27 heavy (non-hydrogen) atoms. The van der Waals surface area contributed by atoms with Crippen molar-refractivity contribution in [3.05, 3.63) is 0 Å². The van der Waals surface area contributed by atoms with Gasteiger partial charge < -0.3 is 14.2 Å². The first-order valence-electron chi connectivity index (χ1n) is 10.5. The van der Waals surface area contributed by atoms with E-state index in [1.54, 1.807) is 0 Å². The van der Waals surface area contributed by atoms with Crippen molar-refractivity contribution in [2.75, 3.05) is 39.6 Å². The van der Waals surface area contributed by atoms with Crippen LogP contribution in [-0.4, -0.2) is 55.1 Å². The topological polar surface area (TPSA) is 66.0 Å². The zero-order valence-electron chi connectivity index (χ0n) is 16.4. The van der Waals surface area contributed by atoms with E-state index in [0.29, 0.717) is 39.6 Å². The van der Waals surface area contributed by atoms with Gasteiger partial charge in [-0.15, -0.1) is 0 Å². The Kier molecular flexibility index (Phi) is 8.63. The van der Waals surface area contributed by atoms with Gasteiger partial charge in [-0.05, 0) is 62.7 Å². The Hall–Kier alpha value is 0.0400. The fourth-order valence-electron chi connectivity index (χ4n) is 5.32. The van der Waals surface area contributed by atoms with Crippen LogP contribution in [0.3, 0.4) is 0 Å². The summed E-state index contributed by atoms with van der Waals surface area (Å²) in [7, 11) is 0. The number of hydrogen-bond donors (Lipinski definition) is 1. The van der Waals surface area contributed by atoms with Crippen LogP contribution >= 0.6 is 22.6 Å². The molecule has 7 heteroatoms. The van der Waals surface area contributed by atoms with Crippen molar-refractivity contribution < 1.29 is 23.8 Å². The van der Waals surface area contributed by atoms with Crippen LogP contribution in [0.1, 0.15) is 51.9 Å². The second-order valence-corrected chi connectivity index (χ2v) is 9.87. The minimum Gasteiger partial charge on any atom is -0.377 e. The lowest BCUT2D eigenvalue weighted by Gasteiger charge is -2.56. The molecule has 0 aromatic heterocycles. The number of hydrogen-bond acceptors (Lipinski definition) is 5. The number of hydroxylamine groups is 1. The summed E-state index contributed by atoms with van der Waals surface area (Å²) in [5.41, 5.74) is 2.60. The molecule has 4 bridgehead atoms. The molecule has 1 unspecified atom stereocenters. The molecule has 6 nitrogen and oxygen atoms in total. The SMILES string of the molecule is CCC(I)C(=O)NOCCOCCOCCOC12CC3CC(CC(C3)C1)C2. The van der Waals surface area contributed by atoms with Gasteiger partial charge in [-0.1, -0.05) is 29.5 Å². The summed E-state index contributed by atoms with van der Waals surface area (Å²) in [6.45, 7) is 5.15. The summed E-state index contributed by atoms with van der Waals surface area (Å²) in [6, 6.07) is 0. The summed E-state index contributed by atoms with van der Waals surface area (Å²) < 4.78 is 17.3. The van der Waals surface area contributed by atoms with E-state index >= 15 is 0 Å². The smallest absolute Gasteiger partial charge is 0.256 e.